The second kappa shape index (κ2) is 9.42. The highest BCUT2D eigenvalue weighted by molar-refractivity contribution is 5.76. The van der Waals surface area contributed by atoms with E-state index in [1.165, 1.54) is 0 Å². The molecule has 0 rings (SSSR count). The predicted molar refractivity (Wildman–Crippen MR) is 73.1 cm³/mol. The van der Waals surface area contributed by atoms with Crippen molar-refractivity contribution in [1.29, 1.82) is 0 Å². The van der Waals surface area contributed by atoms with Crippen LogP contribution in [0.3, 0.4) is 0 Å². The molecule has 0 saturated heterocycles. The molecule has 0 aromatic rings. The monoisotopic (exact) mass is 243 g/mol. The lowest BCUT2D eigenvalue weighted by molar-refractivity contribution is -0.121. The number of nitrogens with one attached hydrogen (secondary N) is 2. The van der Waals surface area contributed by atoms with E-state index >= 15 is 0 Å². The molecule has 1 amide bonds. The number of rotatable bonds is 9. The number of amides is 1. The molecule has 0 aromatic heterocycles. The normalized spacial score (nSPS) is 13.1. The van der Waals surface area contributed by atoms with Gasteiger partial charge in [-0.2, -0.15) is 0 Å². The molecule has 0 radical (unpaired) electrons. The molecule has 0 spiro atoms. The van der Waals surface area contributed by atoms with Crippen LogP contribution < -0.4 is 10.6 Å². The summed E-state index contributed by atoms with van der Waals surface area (Å²) in [5.74, 6) is 0.794. The van der Waals surface area contributed by atoms with Crippen LogP contribution in [0.1, 0.15) is 33.6 Å². The Kier molecular flexibility index (Phi) is 9.09. The highest BCUT2D eigenvalue weighted by Gasteiger charge is 2.14. The summed E-state index contributed by atoms with van der Waals surface area (Å²) in [5.41, 5.74) is 0. The van der Waals surface area contributed by atoms with Gasteiger partial charge in [-0.15, -0.1) is 0 Å². The largest absolute Gasteiger partial charge is 0.354 e. The van der Waals surface area contributed by atoms with Gasteiger partial charge in [-0.1, -0.05) is 20.8 Å². The second-order valence-electron chi connectivity index (χ2n) is 5.15. The third-order valence-corrected chi connectivity index (χ3v) is 2.79. The van der Waals surface area contributed by atoms with Crippen molar-refractivity contribution >= 4 is 5.91 Å². The Hall–Kier alpha value is -0.610. The summed E-state index contributed by atoms with van der Waals surface area (Å²) >= 11 is 0. The summed E-state index contributed by atoms with van der Waals surface area (Å²) in [5, 5.41) is 6.16. The van der Waals surface area contributed by atoms with E-state index in [0.29, 0.717) is 18.4 Å². The molecule has 1 unspecified atom stereocenters. The summed E-state index contributed by atoms with van der Waals surface area (Å²) in [7, 11) is 4.13. The van der Waals surface area contributed by atoms with Crippen LogP contribution in [-0.2, 0) is 4.79 Å². The molecule has 1 atom stereocenters. The molecule has 0 aromatic carbocycles. The Labute approximate surface area is 106 Å². The van der Waals surface area contributed by atoms with E-state index < -0.39 is 0 Å². The van der Waals surface area contributed by atoms with Crippen molar-refractivity contribution in [3.05, 3.63) is 0 Å². The maximum Gasteiger partial charge on any atom is 0.221 e. The highest BCUT2D eigenvalue weighted by atomic mass is 16.1. The number of hydrogen-bond donors (Lipinski definition) is 2. The van der Waals surface area contributed by atoms with Gasteiger partial charge in [-0.05, 0) is 33.0 Å². The number of likely N-dealkylation sites (N-methyl/N-ethyl adjacent to an activating group) is 1. The SMILES string of the molecule is CCNCCC(=O)NCC(CC(C)C)N(C)C. The molecular formula is C13H29N3O. The molecule has 0 aliphatic carbocycles. The molecule has 0 aliphatic rings. The van der Waals surface area contributed by atoms with Gasteiger partial charge in [0.1, 0.15) is 0 Å². The molecule has 0 bridgehead atoms. The van der Waals surface area contributed by atoms with Crippen LogP contribution in [0.4, 0.5) is 0 Å². The average Bonchev–Trinajstić information content (AvgIpc) is 2.23. The third-order valence-electron chi connectivity index (χ3n) is 2.79. The molecule has 0 fully saturated rings. The Morgan fingerprint density at radius 1 is 1.29 bits per heavy atom. The smallest absolute Gasteiger partial charge is 0.221 e. The highest BCUT2D eigenvalue weighted by Crippen LogP contribution is 2.07. The predicted octanol–water partition coefficient (Wildman–Crippen LogP) is 1.08. The standard InChI is InChI=1S/C13H29N3O/c1-6-14-8-7-13(17)15-10-12(16(4)5)9-11(2)3/h11-12,14H,6-10H2,1-5H3,(H,15,17). The minimum atomic E-state index is 0.140. The number of carbonyl (C=O) groups excluding carboxylic acids is 1. The third kappa shape index (κ3) is 9.12. The van der Waals surface area contributed by atoms with Gasteiger partial charge in [0.25, 0.3) is 0 Å². The fourth-order valence-corrected chi connectivity index (χ4v) is 1.72. The van der Waals surface area contributed by atoms with Crippen molar-refractivity contribution in [2.75, 3.05) is 33.7 Å². The fourth-order valence-electron chi connectivity index (χ4n) is 1.72. The van der Waals surface area contributed by atoms with E-state index in [9.17, 15) is 4.79 Å². The summed E-state index contributed by atoms with van der Waals surface area (Å²) in [6.07, 6.45) is 1.68. The van der Waals surface area contributed by atoms with E-state index in [2.05, 4.69) is 43.5 Å². The van der Waals surface area contributed by atoms with Gasteiger partial charge in [0.05, 0.1) is 0 Å². The zero-order valence-electron chi connectivity index (χ0n) is 12.0. The first kappa shape index (κ1) is 16.4. The minimum absolute atomic E-state index is 0.140. The van der Waals surface area contributed by atoms with Crippen LogP contribution in [0.5, 0.6) is 0 Å². The molecule has 0 saturated carbocycles. The average molecular weight is 243 g/mol. The van der Waals surface area contributed by atoms with E-state index in [-0.39, 0.29) is 5.91 Å². The van der Waals surface area contributed by atoms with Crippen molar-refractivity contribution in [2.45, 2.75) is 39.7 Å². The summed E-state index contributed by atoms with van der Waals surface area (Å²) < 4.78 is 0. The molecule has 2 N–H and O–H groups in total. The van der Waals surface area contributed by atoms with Crippen LogP contribution in [-0.4, -0.2) is 50.6 Å². The van der Waals surface area contributed by atoms with Crippen LogP contribution in [0.2, 0.25) is 0 Å². The zero-order chi connectivity index (χ0) is 13.3. The zero-order valence-corrected chi connectivity index (χ0v) is 12.0. The first-order chi connectivity index (χ1) is 7.97. The molecular weight excluding hydrogens is 214 g/mol. The van der Waals surface area contributed by atoms with Gasteiger partial charge >= 0.3 is 0 Å². The Morgan fingerprint density at radius 2 is 1.94 bits per heavy atom. The van der Waals surface area contributed by atoms with E-state index in [0.717, 1.165) is 26.1 Å². The van der Waals surface area contributed by atoms with Crippen molar-refractivity contribution in [2.24, 2.45) is 5.92 Å². The number of hydrogen-bond acceptors (Lipinski definition) is 3. The lowest BCUT2D eigenvalue weighted by Gasteiger charge is -2.26. The van der Waals surface area contributed by atoms with E-state index in [1.807, 2.05) is 6.92 Å². The van der Waals surface area contributed by atoms with Gasteiger partial charge in [0.2, 0.25) is 5.91 Å². The second-order valence-corrected chi connectivity index (χ2v) is 5.15. The topological polar surface area (TPSA) is 44.4 Å². The first-order valence-corrected chi connectivity index (χ1v) is 6.61. The van der Waals surface area contributed by atoms with Gasteiger partial charge < -0.3 is 15.5 Å². The first-order valence-electron chi connectivity index (χ1n) is 6.61. The maximum absolute atomic E-state index is 11.6. The molecule has 0 aliphatic heterocycles. The summed E-state index contributed by atoms with van der Waals surface area (Å²) in [4.78, 5) is 13.7. The van der Waals surface area contributed by atoms with Crippen molar-refractivity contribution in [1.82, 2.24) is 15.5 Å². The van der Waals surface area contributed by atoms with Gasteiger partial charge in [0.15, 0.2) is 0 Å². The lowest BCUT2D eigenvalue weighted by Crippen LogP contribution is -2.41. The molecule has 102 valence electrons. The van der Waals surface area contributed by atoms with Crippen molar-refractivity contribution < 1.29 is 4.79 Å². The van der Waals surface area contributed by atoms with Crippen LogP contribution in [0.15, 0.2) is 0 Å². The van der Waals surface area contributed by atoms with Crippen molar-refractivity contribution in [3.8, 4) is 0 Å². The van der Waals surface area contributed by atoms with E-state index in [4.69, 9.17) is 0 Å². The van der Waals surface area contributed by atoms with E-state index in [1.54, 1.807) is 0 Å². The summed E-state index contributed by atoms with van der Waals surface area (Å²) in [6.45, 7) is 8.89. The van der Waals surface area contributed by atoms with Crippen LogP contribution >= 0.6 is 0 Å². The molecule has 4 heteroatoms. The fraction of sp³-hybridized carbons (Fsp3) is 0.923. The minimum Gasteiger partial charge on any atom is -0.354 e. The summed E-state index contributed by atoms with van der Waals surface area (Å²) in [6, 6.07) is 0.429. The number of carbonyl (C=O) groups is 1. The quantitative estimate of drug-likeness (QED) is 0.596. The lowest BCUT2D eigenvalue weighted by atomic mass is 10.0. The van der Waals surface area contributed by atoms with Gasteiger partial charge in [-0.25, -0.2) is 0 Å². The molecule has 17 heavy (non-hydrogen) atoms. The maximum atomic E-state index is 11.6. The van der Waals surface area contributed by atoms with Crippen LogP contribution in [0, 0.1) is 5.92 Å². The Morgan fingerprint density at radius 3 is 2.41 bits per heavy atom. The Balaban J connectivity index is 3.83. The molecule has 0 heterocycles. The van der Waals surface area contributed by atoms with Gasteiger partial charge in [-0.3, -0.25) is 4.79 Å². The van der Waals surface area contributed by atoms with Crippen molar-refractivity contribution in [3.63, 3.8) is 0 Å². The van der Waals surface area contributed by atoms with Crippen LogP contribution in [0.25, 0.3) is 0 Å². The van der Waals surface area contributed by atoms with Gasteiger partial charge in [0, 0.05) is 25.6 Å². The Bertz CT molecular complexity index is 205. The number of nitrogens with zero attached hydrogens (tertiary/aromatic N) is 1. The molecule has 4 nitrogen and oxygen atoms in total.